The zero-order valence-electron chi connectivity index (χ0n) is 27.9. The van der Waals surface area contributed by atoms with Crippen LogP contribution in [0.2, 0.25) is 0 Å². The van der Waals surface area contributed by atoms with E-state index in [0.717, 1.165) is 78.5 Å². The van der Waals surface area contributed by atoms with E-state index in [1.807, 2.05) is 36.4 Å². The Kier molecular flexibility index (Phi) is 7.23. The highest BCUT2D eigenvalue weighted by molar-refractivity contribution is 6.10. The van der Waals surface area contributed by atoms with Crippen molar-refractivity contribution in [2.75, 3.05) is 42.7 Å². The first kappa shape index (κ1) is 30.4. The molecule has 1 aliphatic carbocycles. The van der Waals surface area contributed by atoms with E-state index in [1.165, 1.54) is 0 Å². The van der Waals surface area contributed by atoms with Crippen LogP contribution >= 0.6 is 0 Å². The highest BCUT2D eigenvalue weighted by Gasteiger charge is 2.46. The Labute approximate surface area is 275 Å². The molecule has 0 saturated carbocycles. The first-order chi connectivity index (χ1) is 22.7. The van der Waals surface area contributed by atoms with Crippen LogP contribution in [0.25, 0.3) is 28.0 Å². The van der Waals surface area contributed by atoms with E-state index in [9.17, 15) is 0 Å². The lowest BCUT2D eigenvalue weighted by Crippen LogP contribution is -2.35. The predicted molar refractivity (Wildman–Crippen MR) is 184 cm³/mol. The average Bonchev–Trinajstić information content (AvgIpc) is 3.36. The molecule has 5 aromatic carbocycles. The molecule has 0 atom stereocenters. The maximum atomic E-state index is 7.42. The standard InChI is InChI=1S/C40H38O7/c1-39(2)36-31(19-27(43-5)20-34(36)46-8)35-29-21-32(44-6)33(45-7)22-30(29)38-28(37(35)39)17-18-40(47-38,23-9-13-25(41-3)14-10-23)24-11-15-26(42-4)16-12-24/h9-22H,1-8H3. The summed E-state index contributed by atoms with van der Waals surface area (Å²) in [5.74, 6) is 5.02. The summed E-state index contributed by atoms with van der Waals surface area (Å²) >= 11 is 0. The van der Waals surface area contributed by atoms with Crippen LogP contribution in [0.1, 0.15) is 41.7 Å². The third-order valence-electron chi connectivity index (χ3n) is 9.64. The van der Waals surface area contributed by atoms with Gasteiger partial charge in [-0.15, -0.1) is 0 Å². The molecule has 0 N–H and O–H groups in total. The van der Waals surface area contributed by atoms with Crippen molar-refractivity contribution in [3.63, 3.8) is 0 Å². The van der Waals surface area contributed by atoms with Gasteiger partial charge in [0.15, 0.2) is 17.1 Å². The molecule has 7 nitrogen and oxygen atoms in total. The van der Waals surface area contributed by atoms with Gasteiger partial charge in [-0.1, -0.05) is 44.2 Å². The molecule has 0 radical (unpaired) electrons. The van der Waals surface area contributed by atoms with E-state index in [4.69, 9.17) is 33.2 Å². The second-order valence-corrected chi connectivity index (χ2v) is 12.3. The molecule has 240 valence electrons. The molecule has 0 fully saturated rings. The van der Waals surface area contributed by atoms with Crippen LogP contribution in [0.3, 0.4) is 0 Å². The van der Waals surface area contributed by atoms with Crippen molar-refractivity contribution in [3.05, 3.63) is 107 Å². The lowest BCUT2D eigenvalue weighted by molar-refractivity contribution is 0.163. The zero-order chi connectivity index (χ0) is 33.1. The van der Waals surface area contributed by atoms with Crippen LogP contribution < -0.4 is 33.2 Å². The van der Waals surface area contributed by atoms with Gasteiger partial charge in [-0.25, -0.2) is 0 Å². The van der Waals surface area contributed by atoms with Crippen molar-refractivity contribution in [1.29, 1.82) is 0 Å². The van der Waals surface area contributed by atoms with E-state index in [2.05, 4.69) is 62.4 Å². The topological polar surface area (TPSA) is 64.6 Å². The first-order valence-electron chi connectivity index (χ1n) is 15.4. The first-order valence-corrected chi connectivity index (χ1v) is 15.4. The number of benzene rings is 5. The van der Waals surface area contributed by atoms with Crippen LogP contribution in [-0.4, -0.2) is 42.7 Å². The summed E-state index contributed by atoms with van der Waals surface area (Å²) in [6.45, 7) is 4.48. The van der Waals surface area contributed by atoms with Crippen molar-refractivity contribution in [2.24, 2.45) is 0 Å². The Hall–Kier alpha value is -5.30. The number of hydrogen-bond acceptors (Lipinski definition) is 7. The maximum Gasteiger partial charge on any atom is 0.178 e. The van der Waals surface area contributed by atoms with Gasteiger partial charge >= 0.3 is 0 Å². The molecule has 1 aliphatic heterocycles. The predicted octanol–water partition coefficient (Wildman–Crippen LogP) is 8.55. The zero-order valence-corrected chi connectivity index (χ0v) is 27.9. The molecule has 2 aliphatic rings. The molecule has 0 spiro atoms. The van der Waals surface area contributed by atoms with E-state index >= 15 is 0 Å². The monoisotopic (exact) mass is 630 g/mol. The molecule has 0 aromatic heterocycles. The van der Waals surface area contributed by atoms with Gasteiger partial charge in [-0.2, -0.15) is 0 Å². The highest BCUT2D eigenvalue weighted by Crippen LogP contribution is 2.61. The van der Waals surface area contributed by atoms with Crippen LogP contribution in [0.15, 0.2) is 78.9 Å². The Morgan fingerprint density at radius 1 is 0.532 bits per heavy atom. The van der Waals surface area contributed by atoms with Gasteiger partial charge in [-0.05, 0) is 70.6 Å². The van der Waals surface area contributed by atoms with E-state index in [0.29, 0.717) is 11.5 Å². The Balaban J connectivity index is 1.59. The summed E-state index contributed by atoms with van der Waals surface area (Å²) < 4.78 is 41.9. The summed E-state index contributed by atoms with van der Waals surface area (Å²) in [5.41, 5.74) is 5.88. The summed E-state index contributed by atoms with van der Waals surface area (Å²) in [6.07, 6.45) is 4.36. The van der Waals surface area contributed by atoms with Crippen molar-refractivity contribution < 1.29 is 33.2 Å². The molecule has 0 amide bonds. The molecule has 0 bridgehead atoms. The summed E-state index contributed by atoms with van der Waals surface area (Å²) in [7, 11) is 10.0. The molecule has 0 unspecified atom stereocenters. The fourth-order valence-electron chi connectivity index (χ4n) is 7.39. The number of ether oxygens (including phenoxy) is 7. The Morgan fingerprint density at radius 2 is 1.06 bits per heavy atom. The lowest BCUT2D eigenvalue weighted by atomic mass is 9.76. The Morgan fingerprint density at radius 3 is 1.57 bits per heavy atom. The summed E-state index contributed by atoms with van der Waals surface area (Å²) in [5, 5.41) is 1.88. The fraction of sp³-hybridized carbons (Fsp3) is 0.250. The number of rotatable bonds is 8. The number of hydrogen-bond donors (Lipinski definition) is 0. The molecule has 47 heavy (non-hydrogen) atoms. The number of fused-ring (bicyclic) bond motifs is 8. The lowest BCUT2D eigenvalue weighted by Gasteiger charge is -2.38. The second-order valence-electron chi connectivity index (χ2n) is 12.3. The third-order valence-corrected chi connectivity index (χ3v) is 9.64. The van der Waals surface area contributed by atoms with Gasteiger partial charge in [0.25, 0.3) is 0 Å². The summed E-state index contributed by atoms with van der Waals surface area (Å²) in [4.78, 5) is 0. The Bertz CT molecular complexity index is 1990. The van der Waals surface area contributed by atoms with Crippen molar-refractivity contribution >= 4 is 16.8 Å². The smallest absolute Gasteiger partial charge is 0.178 e. The van der Waals surface area contributed by atoms with Gasteiger partial charge in [-0.3, -0.25) is 0 Å². The molecular weight excluding hydrogens is 592 g/mol. The molecule has 1 heterocycles. The summed E-state index contributed by atoms with van der Waals surface area (Å²) in [6, 6.07) is 24.2. The van der Waals surface area contributed by atoms with Gasteiger partial charge in [0.1, 0.15) is 28.7 Å². The van der Waals surface area contributed by atoms with Crippen molar-refractivity contribution in [1.82, 2.24) is 0 Å². The normalized spacial score (nSPS) is 14.8. The molecule has 5 aromatic rings. The third kappa shape index (κ3) is 4.40. The largest absolute Gasteiger partial charge is 0.497 e. The fourth-order valence-corrected chi connectivity index (χ4v) is 7.39. The quantitative estimate of drug-likeness (QED) is 0.170. The highest BCUT2D eigenvalue weighted by atomic mass is 16.5. The van der Waals surface area contributed by atoms with Crippen molar-refractivity contribution in [2.45, 2.75) is 24.9 Å². The van der Waals surface area contributed by atoms with Gasteiger partial charge in [0.2, 0.25) is 0 Å². The SMILES string of the molecule is COc1ccc(C2(c3ccc(OC)cc3)C=Cc3c4c(c5cc(OC)c(OC)cc5c3O2)-c2cc(OC)cc(OC)c2C4(C)C)cc1. The van der Waals surface area contributed by atoms with Crippen LogP contribution in [0, 0.1) is 0 Å². The minimum Gasteiger partial charge on any atom is -0.497 e. The van der Waals surface area contributed by atoms with Gasteiger partial charge < -0.3 is 33.2 Å². The molecular formula is C40H38O7. The minimum atomic E-state index is -0.962. The molecule has 7 heteroatoms. The molecule has 0 saturated heterocycles. The maximum absolute atomic E-state index is 7.42. The minimum absolute atomic E-state index is 0.443. The van der Waals surface area contributed by atoms with E-state index in [1.54, 1.807) is 42.7 Å². The van der Waals surface area contributed by atoms with Crippen LogP contribution in [0.4, 0.5) is 0 Å². The van der Waals surface area contributed by atoms with Crippen LogP contribution in [-0.2, 0) is 11.0 Å². The van der Waals surface area contributed by atoms with Crippen molar-refractivity contribution in [3.8, 4) is 51.4 Å². The molecule has 7 rings (SSSR count). The van der Waals surface area contributed by atoms with E-state index < -0.39 is 11.0 Å². The average molecular weight is 631 g/mol. The van der Waals surface area contributed by atoms with Gasteiger partial charge in [0, 0.05) is 39.1 Å². The second kappa shape index (κ2) is 11.2. The van der Waals surface area contributed by atoms with Crippen LogP contribution in [0.5, 0.6) is 40.2 Å². The van der Waals surface area contributed by atoms with E-state index in [-0.39, 0.29) is 0 Å². The van der Waals surface area contributed by atoms with Gasteiger partial charge in [0.05, 0.1) is 42.7 Å². The number of methoxy groups -OCH3 is 6.